The Morgan fingerprint density at radius 2 is 2.04 bits per heavy atom. The van der Waals surface area contributed by atoms with Gasteiger partial charge in [0.25, 0.3) is 0 Å². The number of aromatic nitrogens is 4. The fraction of sp³-hybridized carbons (Fsp3) is 0.615. The van der Waals surface area contributed by atoms with Crippen molar-refractivity contribution in [1.82, 2.24) is 19.5 Å². The standard InChI is InChI=1S/C13H19N5O5S/c14-10-7-11(17-13(16-10)24-3-1-2-19)18(5-15-7)12-9(22)8(21)6(4-20)23-12/h5-6,8-9,12,19-22H,1-4H2,(H2,14,16,17)/t6-,8?,9?,12-/m1/s1. The highest BCUT2D eigenvalue weighted by Gasteiger charge is 2.44. The van der Waals surface area contributed by atoms with Gasteiger partial charge in [0.05, 0.1) is 12.9 Å². The summed E-state index contributed by atoms with van der Waals surface area (Å²) in [6.45, 7) is -0.341. The lowest BCUT2D eigenvalue weighted by atomic mass is 10.1. The molecule has 4 atom stereocenters. The van der Waals surface area contributed by atoms with E-state index >= 15 is 0 Å². The number of nitrogens with zero attached hydrogens (tertiary/aromatic N) is 4. The predicted molar refractivity (Wildman–Crippen MR) is 85.2 cm³/mol. The molecule has 1 aliphatic rings. The summed E-state index contributed by atoms with van der Waals surface area (Å²) in [6, 6.07) is 0. The average molecular weight is 357 g/mol. The van der Waals surface area contributed by atoms with E-state index in [0.29, 0.717) is 28.5 Å². The smallest absolute Gasteiger partial charge is 0.191 e. The van der Waals surface area contributed by atoms with Crippen LogP contribution in [0.5, 0.6) is 0 Å². The van der Waals surface area contributed by atoms with E-state index in [1.807, 2.05) is 0 Å². The molecule has 3 heterocycles. The molecular formula is C13H19N5O5S. The molecule has 10 nitrogen and oxygen atoms in total. The molecule has 0 saturated carbocycles. The summed E-state index contributed by atoms with van der Waals surface area (Å²) < 4.78 is 6.96. The molecule has 2 aromatic heterocycles. The Bertz CT molecular complexity index is 713. The van der Waals surface area contributed by atoms with E-state index in [1.54, 1.807) is 0 Å². The lowest BCUT2D eigenvalue weighted by molar-refractivity contribution is -0.0511. The number of nitrogens with two attached hydrogens (primary N) is 1. The second-order valence-corrected chi connectivity index (χ2v) is 6.43. The first-order valence-corrected chi connectivity index (χ1v) is 8.41. The minimum Gasteiger partial charge on any atom is -0.396 e. The average Bonchev–Trinajstić information content (AvgIpc) is 3.10. The van der Waals surface area contributed by atoms with Gasteiger partial charge in [-0.1, -0.05) is 11.8 Å². The molecule has 1 fully saturated rings. The number of nitrogen functional groups attached to an aromatic ring is 1. The van der Waals surface area contributed by atoms with Crippen molar-refractivity contribution >= 4 is 28.7 Å². The van der Waals surface area contributed by atoms with Gasteiger partial charge in [-0.3, -0.25) is 4.57 Å². The monoisotopic (exact) mass is 357 g/mol. The molecule has 24 heavy (non-hydrogen) atoms. The zero-order valence-electron chi connectivity index (χ0n) is 12.7. The maximum atomic E-state index is 10.2. The van der Waals surface area contributed by atoms with Crippen LogP contribution in [0.4, 0.5) is 5.82 Å². The SMILES string of the molecule is Nc1nc(SCCCO)nc2c1ncn2[C@@H]1O[C@H](CO)C(O)C1O. The highest BCUT2D eigenvalue weighted by molar-refractivity contribution is 7.99. The summed E-state index contributed by atoms with van der Waals surface area (Å²) in [5.74, 6) is 0.820. The first kappa shape index (κ1) is 17.3. The van der Waals surface area contributed by atoms with E-state index in [2.05, 4.69) is 15.0 Å². The van der Waals surface area contributed by atoms with Crippen molar-refractivity contribution in [2.45, 2.75) is 36.1 Å². The van der Waals surface area contributed by atoms with E-state index in [1.165, 1.54) is 22.7 Å². The van der Waals surface area contributed by atoms with Gasteiger partial charge in [-0.25, -0.2) is 15.0 Å². The van der Waals surface area contributed by atoms with Crippen LogP contribution in [-0.2, 0) is 4.74 Å². The third-order valence-corrected chi connectivity index (χ3v) is 4.69. The quantitative estimate of drug-likeness (QED) is 0.234. The molecule has 0 spiro atoms. The molecule has 0 radical (unpaired) electrons. The highest BCUT2D eigenvalue weighted by atomic mass is 32.2. The third kappa shape index (κ3) is 3.06. The van der Waals surface area contributed by atoms with E-state index < -0.39 is 31.1 Å². The normalized spacial score (nSPS) is 27.2. The molecule has 6 N–H and O–H groups in total. The molecule has 3 rings (SSSR count). The van der Waals surface area contributed by atoms with Gasteiger partial charge >= 0.3 is 0 Å². The van der Waals surface area contributed by atoms with Gasteiger partial charge in [0, 0.05) is 12.4 Å². The number of aliphatic hydroxyl groups is 4. The third-order valence-electron chi connectivity index (χ3n) is 3.75. The van der Waals surface area contributed by atoms with Crippen LogP contribution in [0.3, 0.4) is 0 Å². The molecule has 132 valence electrons. The maximum absolute atomic E-state index is 10.2. The number of fused-ring (bicyclic) bond motifs is 1. The Morgan fingerprint density at radius 1 is 1.25 bits per heavy atom. The van der Waals surface area contributed by atoms with Crippen LogP contribution in [0.25, 0.3) is 11.2 Å². The summed E-state index contributed by atoms with van der Waals surface area (Å²) >= 11 is 1.34. The lowest BCUT2D eigenvalue weighted by Crippen LogP contribution is -2.33. The van der Waals surface area contributed by atoms with Gasteiger partial charge in [0.15, 0.2) is 22.8 Å². The van der Waals surface area contributed by atoms with Crippen molar-refractivity contribution in [3.63, 3.8) is 0 Å². The Morgan fingerprint density at radius 3 is 2.71 bits per heavy atom. The van der Waals surface area contributed by atoms with Gasteiger partial charge in [-0.2, -0.15) is 0 Å². The minimum atomic E-state index is -1.23. The zero-order chi connectivity index (χ0) is 17.3. The second-order valence-electron chi connectivity index (χ2n) is 5.37. The Hall–Kier alpha value is -1.50. The number of aliphatic hydroxyl groups excluding tert-OH is 4. The first-order valence-electron chi connectivity index (χ1n) is 7.43. The topological polar surface area (TPSA) is 160 Å². The van der Waals surface area contributed by atoms with E-state index in [4.69, 9.17) is 15.6 Å². The Labute approximate surface area is 141 Å². The van der Waals surface area contributed by atoms with Crippen molar-refractivity contribution in [2.75, 3.05) is 24.7 Å². The summed E-state index contributed by atoms with van der Waals surface area (Å²) in [5.41, 5.74) is 6.63. The lowest BCUT2D eigenvalue weighted by Gasteiger charge is -2.16. The number of hydrogen-bond acceptors (Lipinski definition) is 10. The number of rotatable bonds is 6. The zero-order valence-corrected chi connectivity index (χ0v) is 13.5. The molecule has 0 aliphatic carbocycles. The minimum absolute atomic E-state index is 0.0746. The van der Waals surface area contributed by atoms with Crippen molar-refractivity contribution in [1.29, 1.82) is 0 Å². The van der Waals surface area contributed by atoms with Crippen LogP contribution in [0.15, 0.2) is 11.5 Å². The number of thioether (sulfide) groups is 1. The molecule has 2 unspecified atom stereocenters. The van der Waals surface area contributed by atoms with Crippen molar-refractivity contribution in [3.05, 3.63) is 6.33 Å². The van der Waals surface area contributed by atoms with Crippen LogP contribution in [0, 0.1) is 0 Å². The molecule has 0 aromatic carbocycles. The van der Waals surface area contributed by atoms with Gasteiger partial charge in [0.1, 0.15) is 23.8 Å². The highest BCUT2D eigenvalue weighted by Crippen LogP contribution is 2.32. The van der Waals surface area contributed by atoms with Crippen molar-refractivity contribution in [3.8, 4) is 0 Å². The molecular weight excluding hydrogens is 338 g/mol. The fourth-order valence-electron chi connectivity index (χ4n) is 2.51. The molecule has 2 aromatic rings. The summed E-state index contributed by atoms with van der Waals surface area (Å²) in [7, 11) is 0. The van der Waals surface area contributed by atoms with Gasteiger partial charge < -0.3 is 30.9 Å². The molecule has 1 aliphatic heterocycles. The van der Waals surface area contributed by atoms with E-state index in [0.717, 1.165) is 0 Å². The maximum Gasteiger partial charge on any atom is 0.191 e. The molecule has 0 amide bonds. The summed E-state index contributed by atoms with van der Waals surface area (Å²) in [6.07, 6.45) is -2.28. The van der Waals surface area contributed by atoms with Crippen LogP contribution < -0.4 is 5.73 Å². The number of imidazole rings is 1. The Balaban J connectivity index is 1.94. The van der Waals surface area contributed by atoms with Gasteiger partial charge in [-0.15, -0.1) is 0 Å². The number of ether oxygens (including phenoxy) is 1. The fourth-order valence-corrected chi connectivity index (χ4v) is 3.28. The molecule has 11 heteroatoms. The Kier molecular flexibility index (Phi) is 5.18. The van der Waals surface area contributed by atoms with Crippen molar-refractivity contribution in [2.24, 2.45) is 0 Å². The van der Waals surface area contributed by atoms with Gasteiger partial charge in [-0.05, 0) is 6.42 Å². The van der Waals surface area contributed by atoms with Crippen molar-refractivity contribution < 1.29 is 25.2 Å². The van der Waals surface area contributed by atoms with Crippen LogP contribution >= 0.6 is 11.8 Å². The van der Waals surface area contributed by atoms with Crippen LogP contribution in [0.2, 0.25) is 0 Å². The van der Waals surface area contributed by atoms with Gasteiger partial charge in [0.2, 0.25) is 0 Å². The van der Waals surface area contributed by atoms with E-state index in [9.17, 15) is 15.3 Å². The van der Waals surface area contributed by atoms with Crippen LogP contribution in [-0.4, -0.2) is 77.2 Å². The summed E-state index contributed by atoms with van der Waals surface area (Å²) in [4.78, 5) is 12.7. The largest absolute Gasteiger partial charge is 0.396 e. The number of anilines is 1. The first-order chi connectivity index (χ1) is 11.6. The summed E-state index contributed by atoms with van der Waals surface area (Å²) in [5, 5.41) is 38.5. The molecule has 0 bridgehead atoms. The number of hydrogen-bond donors (Lipinski definition) is 5. The van der Waals surface area contributed by atoms with Crippen LogP contribution in [0.1, 0.15) is 12.6 Å². The molecule has 1 saturated heterocycles. The van der Waals surface area contributed by atoms with E-state index in [-0.39, 0.29) is 12.4 Å². The predicted octanol–water partition coefficient (Wildman–Crippen LogP) is -1.51. The second kappa shape index (κ2) is 7.17.